The topological polar surface area (TPSA) is 26.3 Å². The highest BCUT2D eigenvalue weighted by Crippen LogP contribution is 2.31. The molecule has 70 valence electrons. The Morgan fingerprint density at radius 2 is 2.38 bits per heavy atom. The summed E-state index contributed by atoms with van der Waals surface area (Å²) in [5.41, 5.74) is 0. The second-order valence-electron chi connectivity index (χ2n) is 3.21. The minimum atomic E-state index is 0.243. The van der Waals surface area contributed by atoms with Gasteiger partial charge >= 0.3 is 0 Å². The summed E-state index contributed by atoms with van der Waals surface area (Å²) in [4.78, 5) is 12.5. The second-order valence-corrected chi connectivity index (χ2v) is 4.36. The van der Waals surface area contributed by atoms with Gasteiger partial charge in [0.15, 0.2) is 6.29 Å². The second kappa shape index (κ2) is 4.03. The van der Waals surface area contributed by atoms with Gasteiger partial charge in [0.25, 0.3) is 0 Å². The number of rotatable bonds is 2. The Labute approximate surface area is 81.5 Å². The van der Waals surface area contributed by atoms with Crippen molar-refractivity contribution in [1.29, 1.82) is 0 Å². The van der Waals surface area contributed by atoms with E-state index in [0.29, 0.717) is 0 Å². The van der Waals surface area contributed by atoms with Crippen LogP contribution in [0.25, 0.3) is 0 Å². The Bertz CT molecular complexity index is 287. The maximum absolute atomic E-state index is 10.5. The van der Waals surface area contributed by atoms with Crippen LogP contribution in [0.4, 0.5) is 0 Å². The standard InChI is InChI=1S/C10H12O2S/c11-7-8-4-5-10(13-8)9-3-1-2-6-12-9/h4-5,7,9H,1-3,6H2/t9-/m0/s1. The first-order chi connectivity index (χ1) is 6.40. The van der Waals surface area contributed by atoms with Crippen molar-refractivity contribution in [2.24, 2.45) is 0 Å². The van der Waals surface area contributed by atoms with Crippen molar-refractivity contribution in [1.82, 2.24) is 0 Å². The minimum Gasteiger partial charge on any atom is -0.373 e. The molecule has 0 saturated carbocycles. The molecule has 2 nitrogen and oxygen atoms in total. The highest BCUT2D eigenvalue weighted by atomic mass is 32.1. The lowest BCUT2D eigenvalue weighted by Gasteiger charge is -2.21. The summed E-state index contributed by atoms with van der Waals surface area (Å²) >= 11 is 1.55. The van der Waals surface area contributed by atoms with E-state index in [2.05, 4.69) is 0 Å². The van der Waals surface area contributed by atoms with Crippen LogP contribution in [0.1, 0.15) is 39.9 Å². The van der Waals surface area contributed by atoms with Crippen molar-refractivity contribution in [3.63, 3.8) is 0 Å². The normalized spacial score (nSPS) is 22.9. The van der Waals surface area contributed by atoms with Crippen molar-refractivity contribution in [3.8, 4) is 0 Å². The fourth-order valence-corrected chi connectivity index (χ4v) is 2.48. The number of aldehydes is 1. The maximum Gasteiger partial charge on any atom is 0.160 e. The largest absolute Gasteiger partial charge is 0.373 e. The summed E-state index contributed by atoms with van der Waals surface area (Å²) in [6, 6.07) is 3.87. The molecule has 0 spiro atoms. The summed E-state index contributed by atoms with van der Waals surface area (Å²) in [5.74, 6) is 0. The molecule has 2 rings (SSSR count). The summed E-state index contributed by atoms with van der Waals surface area (Å²) < 4.78 is 5.62. The number of carbonyl (C=O) groups excluding carboxylic acids is 1. The van der Waals surface area contributed by atoms with Gasteiger partial charge in [0, 0.05) is 11.5 Å². The molecule has 1 saturated heterocycles. The molecule has 0 N–H and O–H groups in total. The number of ether oxygens (including phenoxy) is 1. The van der Waals surface area contributed by atoms with Crippen LogP contribution in [0.15, 0.2) is 12.1 Å². The molecule has 0 unspecified atom stereocenters. The molecule has 1 aliphatic rings. The summed E-state index contributed by atoms with van der Waals surface area (Å²) in [6.45, 7) is 0.860. The van der Waals surface area contributed by atoms with E-state index in [4.69, 9.17) is 4.74 Å². The van der Waals surface area contributed by atoms with Gasteiger partial charge in [-0.1, -0.05) is 0 Å². The van der Waals surface area contributed by atoms with E-state index in [9.17, 15) is 4.79 Å². The molecule has 0 aromatic carbocycles. The number of thiophene rings is 1. The first-order valence-corrected chi connectivity index (χ1v) is 5.38. The minimum absolute atomic E-state index is 0.243. The average molecular weight is 196 g/mol. The molecule has 1 aromatic heterocycles. The Hall–Kier alpha value is -0.670. The van der Waals surface area contributed by atoms with Crippen LogP contribution in [-0.4, -0.2) is 12.9 Å². The quantitative estimate of drug-likeness (QED) is 0.680. The van der Waals surface area contributed by atoms with E-state index in [1.54, 1.807) is 11.3 Å². The van der Waals surface area contributed by atoms with Crippen LogP contribution < -0.4 is 0 Å². The van der Waals surface area contributed by atoms with E-state index >= 15 is 0 Å². The molecule has 1 atom stereocenters. The van der Waals surface area contributed by atoms with Crippen LogP contribution in [0.2, 0.25) is 0 Å². The fourth-order valence-electron chi connectivity index (χ4n) is 1.57. The van der Waals surface area contributed by atoms with Crippen LogP contribution in [-0.2, 0) is 4.74 Å². The zero-order chi connectivity index (χ0) is 9.10. The third-order valence-corrected chi connectivity index (χ3v) is 3.36. The molecule has 0 aliphatic carbocycles. The van der Waals surface area contributed by atoms with Crippen LogP contribution >= 0.6 is 11.3 Å². The van der Waals surface area contributed by atoms with Crippen molar-refractivity contribution in [2.75, 3.05) is 6.61 Å². The number of hydrogen-bond donors (Lipinski definition) is 0. The lowest BCUT2D eigenvalue weighted by molar-refractivity contribution is 0.0172. The van der Waals surface area contributed by atoms with Crippen molar-refractivity contribution >= 4 is 17.6 Å². The molecular formula is C10H12O2S. The summed E-state index contributed by atoms with van der Waals surface area (Å²) in [5, 5.41) is 0. The summed E-state index contributed by atoms with van der Waals surface area (Å²) in [7, 11) is 0. The monoisotopic (exact) mass is 196 g/mol. The van der Waals surface area contributed by atoms with Gasteiger partial charge < -0.3 is 4.74 Å². The maximum atomic E-state index is 10.5. The molecule has 0 amide bonds. The van der Waals surface area contributed by atoms with Gasteiger partial charge in [-0.25, -0.2) is 0 Å². The molecule has 1 aromatic rings. The number of hydrogen-bond acceptors (Lipinski definition) is 3. The fraction of sp³-hybridized carbons (Fsp3) is 0.500. The molecule has 0 bridgehead atoms. The van der Waals surface area contributed by atoms with Gasteiger partial charge in [-0.05, 0) is 31.4 Å². The van der Waals surface area contributed by atoms with Crippen molar-refractivity contribution < 1.29 is 9.53 Å². The molecule has 3 heteroatoms. The Kier molecular flexibility index (Phi) is 2.76. The van der Waals surface area contributed by atoms with E-state index in [1.807, 2.05) is 12.1 Å². The van der Waals surface area contributed by atoms with Crippen molar-refractivity contribution in [2.45, 2.75) is 25.4 Å². The molecule has 13 heavy (non-hydrogen) atoms. The van der Waals surface area contributed by atoms with E-state index in [1.165, 1.54) is 17.7 Å². The Balaban J connectivity index is 2.09. The van der Waals surface area contributed by atoms with Gasteiger partial charge in [-0.2, -0.15) is 0 Å². The molecule has 1 fully saturated rings. The van der Waals surface area contributed by atoms with E-state index < -0.39 is 0 Å². The van der Waals surface area contributed by atoms with Gasteiger partial charge in [0.1, 0.15) is 0 Å². The van der Waals surface area contributed by atoms with Crippen LogP contribution in [0.3, 0.4) is 0 Å². The first kappa shape index (κ1) is 8.91. The van der Waals surface area contributed by atoms with Gasteiger partial charge in [0.2, 0.25) is 0 Å². The van der Waals surface area contributed by atoms with Crippen molar-refractivity contribution in [3.05, 3.63) is 21.9 Å². The highest BCUT2D eigenvalue weighted by molar-refractivity contribution is 7.13. The predicted molar refractivity (Wildman–Crippen MR) is 52.3 cm³/mol. The number of carbonyl (C=O) groups is 1. The van der Waals surface area contributed by atoms with Crippen LogP contribution in [0.5, 0.6) is 0 Å². The molecule has 2 heterocycles. The molecular weight excluding hydrogens is 184 g/mol. The SMILES string of the molecule is O=Cc1ccc([C@@H]2CCCCO2)s1. The van der Waals surface area contributed by atoms with Gasteiger partial charge in [0.05, 0.1) is 11.0 Å². The van der Waals surface area contributed by atoms with Gasteiger partial charge in [-0.3, -0.25) is 4.79 Å². The van der Waals surface area contributed by atoms with Gasteiger partial charge in [-0.15, -0.1) is 11.3 Å². The zero-order valence-electron chi connectivity index (χ0n) is 7.36. The zero-order valence-corrected chi connectivity index (χ0v) is 8.18. The molecule has 0 radical (unpaired) electrons. The first-order valence-electron chi connectivity index (χ1n) is 4.56. The lowest BCUT2D eigenvalue weighted by Crippen LogP contribution is -2.09. The van der Waals surface area contributed by atoms with E-state index in [0.717, 1.165) is 24.2 Å². The third-order valence-electron chi connectivity index (χ3n) is 2.26. The predicted octanol–water partition coefficient (Wildman–Crippen LogP) is 2.80. The third kappa shape index (κ3) is 1.98. The molecule has 1 aliphatic heterocycles. The smallest absolute Gasteiger partial charge is 0.160 e. The van der Waals surface area contributed by atoms with Crippen LogP contribution in [0, 0.1) is 0 Å². The van der Waals surface area contributed by atoms with E-state index in [-0.39, 0.29) is 6.10 Å². The highest BCUT2D eigenvalue weighted by Gasteiger charge is 2.17. The Morgan fingerprint density at radius 1 is 1.46 bits per heavy atom. The summed E-state index contributed by atoms with van der Waals surface area (Å²) in [6.07, 6.45) is 4.64. The Morgan fingerprint density at radius 3 is 3.00 bits per heavy atom. The lowest BCUT2D eigenvalue weighted by atomic mass is 10.1. The average Bonchev–Trinajstić information content (AvgIpc) is 2.67.